The van der Waals surface area contributed by atoms with Crippen LogP contribution in [0.2, 0.25) is 5.02 Å². The molecule has 5 heteroatoms. The van der Waals surface area contributed by atoms with Gasteiger partial charge in [-0.3, -0.25) is 4.79 Å². The molecular weight excluding hydrogens is 312 g/mol. The first-order chi connectivity index (χ1) is 10.1. The van der Waals surface area contributed by atoms with Crippen LogP contribution in [0.5, 0.6) is 0 Å². The molecule has 2 rings (SSSR count). The first kappa shape index (κ1) is 15.8. The van der Waals surface area contributed by atoms with E-state index in [1.807, 2.05) is 30.3 Å². The van der Waals surface area contributed by atoms with Crippen LogP contribution >= 0.6 is 23.2 Å². The molecule has 0 saturated heterocycles. The molecule has 0 aliphatic rings. The van der Waals surface area contributed by atoms with Crippen LogP contribution in [0.15, 0.2) is 48.5 Å². The average molecular weight is 326 g/mol. The van der Waals surface area contributed by atoms with E-state index in [0.29, 0.717) is 0 Å². The summed E-state index contributed by atoms with van der Waals surface area (Å²) in [7, 11) is 0. The fraction of sp³-hybridized carbons (Fsp3) is 0.188. The molecule has 110 valence electrons. The second-order valence-electron chi connectivity index (χ2n) is 4.56. The first-order valence-corrected chi connectivity index (χ1v) is 7.28. The summed E-state index contributed by atoms with van der Waals surface area (Å²) in [6.45, 7) is 0.274. The standard InChI is InChI=1S/C16H14Cl2FNO/c17-13-7-4-8-15(19)12(13)9-16(21)20-10-14(18)11-5-2-1-3-6-11/h1-8,14H,9-10H2,(H,20,21). The van der Waals surface area contributed by atoms with Crippen molar-refractivity contribution in [1.82, 2.24) is 5.32 Å². The third-order valence-electron chi connectivity index (χ3n) is 3.04. The first-order valence-electron chi connectivity index (χ1n) is 6.46. The lowest BCUT2D eigenvalue weighted by atomic mass is 10.1. The minimum atomic E-state index is -0.483. The maximum Gasteiger partial charge on any atom is 0.224 e. The largest absolute Gasteiger partial charge is 0.354 e. The van der Waals surface area contributed by atoms with E-state index in [-0.39, 0.29) is 34.8 Å². The zero-order chi connectivity index (χ0) is 15.2. The minimum Gasteiger partial charge on any atom is -0.354 e. The smallest absolute Gasteiger partial charge is 0.224 e. The quantitative estimate of drug-likeness (QED) is 0.823. The zero-order valence-electron chi connectivity index (χ0n) is 11.2. The predicted octanol–water partition coefficient (Wildman–Crippen LogP) is 4.12. The molecule has 1 unspecified atom stereocenters. The molecule has 1 atom stereocenters. The van der Waals surface area contributed by atoms with Crippen LogP contribution < -0.4 is 5.32 Å². The summed E-state index contributed by atoms with van der Waals surface area (Å²) < 4.78 is 13.6. The summed E-state index contributed by atoms with van der Waals surface area (Å²) in [5.74, 6) is -0.799. The number of hydrogen-bond acceptors (Lipinski definition) is 1. The zero-order valence-corrected chi connectivity index (χ0v) is 12.7. The Morgan fingerprint density at radius 1 is 1.14 bits per heavy atom. The Hall–Kier alpha value is -1.58. The van der Waals surface area contributed by atoms with Crippen LogP contribution in [0.1, 0.15) is 16.5 Å². The third-order valence-corrected chi connectivity index (χ3v) is 3.80. The van der Waals surface area contributed by atoms with Gasteiger partial charge in [0.1, 0.15) is 5.82 Å². The van der Waals surface area contributed by atoms with Gasteiger partial charge >= 0.3 is 0 Å². The number of alkyl halides is 1. The van der Waals surface area contributed by atoms with Gasteiger partial charge in [0, 0.05) is 17.1 Å². The molecule has 0 spiro atoms. The summed E-state index contributed by atoms with van der Waals surface area (Å²) in [6, 6.07) is 13.8. The molecule has 0 saturated carbocycles. The monoisotopic (exact) mass is 325 g/mol. The van der Waals surface area contributed by atoms with E-state index in [2.05, 4.69) is 5.32 Å². The number of amides is 1. The number of halogens is 3. The van der Waals surface area contributed by atoms with Crippen molar-refractivity contribution in [3.8, 4) is 0 Å². The van der Waals surface area contributed by atoms with Crippen LogP contribution in [0.4, 0.5) is 4.39 Å². The van der Waals surface area contributed by atoms with Crippen LogP contribution in [0.25, 0.3) is 0 Å². The van der Waals surface area contributed by atoms with Crippen molar-refractivity contribution >= 4 is 29.1 Å². The van der Waals surface area contributed by atoms with Crippen molar-refractivity contribution in [3.63, 3.8) is 0 Å². The number of carbonyl (C=O) groups is 1. The lowest BCUT2D eigenvalue weighted by Crippen LogP contribution is -2.28. The molecule has 1 amide bonds. The summed E-state index contributed by atoms with van der Waals surface area (Å²) in [5, 5.41) is 2.61. The molecule has 2 aromatic carbocycles. The highest BCUT2D eigenvalue weighted by Gasteiger charge is 2.13. The van der Waals surface area contributed by atoms with Gasteiger partial charge in [-0.15, -0.1) is 11.6 Å². The molecule has 0 heterocycles. The van der Waals surface area contributed by atoms with Gasteiger partial charge in [0.2, 0.25) is 5.91 Å². The Balaban J connectivity index is 1.91. The van der Waals surface area contributed by atoms with Gasteiger partial charge in [-0.1, -0.05) is 48.0 Å². The Morgan fingerprint density at radius 2 is 1.86 bits per heavy atom. The van der Waals surface area contributed by atoms with E-state index in [4.69, 9.17) is 23.2 Å². The lowest BCUT2D eigenvalue weighted by Gasteiger charge is -2.12. The average Bonchev–Trinajstić information content (AvgIpc) is 2.49. The van der Waals surface area contributed by atoms with Crippen molar-refractivity contribution in [1.29, 1.82) is 0 Å². The minimum absolute atomic E-state index is 0.107. The van der Waals surface area contributed by atoms with Crippen molar-refractivity contribution in [2.45, 2.75) is 11.8 Å². The highest BCUT2D eigenvalue weighted by molar-refractivity contribution is 6.31. The van der Waals surface area contributed by atoms with Crippen molar-refractivity contribution in [2.24, 2.45) is 0 Å². The van der Waals surface area contributed by atoms with Gasteiger partial charge in [-0.05, 0) is 17.7 Å². The highest BCUT2D eigenvalue weighted by atomic mass is 35.5. The molecule has 0 aliphatic heterocycles. The Kier molecular flexibility index (Phi) is 5.59. The topological polar surface area (TPSA) is 29.1 Å². The van der Waals surface area contributed by atoms with Crippen molar-refractivity contribution < 1.29 is 9.18 Å². The second-order valence-corrected chi connectivity index (χ2v) is 5.49. The fourth-order valence-electron chi connectivity index (χ4n) is 1.91. The van der Waals surface area contributed by atoms with Gasteiger partial charge in [-0.25, -0.2) is 4.39 Å². The van der Waals surface area contributed by atoms with E-state index < -0.39 is 5.82 Å². The maximum absolute atomic E-state index is 13.6. The maximum atomic E-state index is 13.6. The molecule has 1 N–H and O–H groups in total. The molecule has 0 radical (unpaired) electrons. The molecule has 2 nitrogen and oxygen atoms in total. The number of rotatable bonds is 5. The van der Waals surface area contributed by atoms with Gasteiger partial charge in [0.25, 0.3) is 0 Å². The molecular formula is C16H14Cl2FNO. The molecule has 0 aliphatic carbocycles. The summed E-state index contributed by atoms with van der Waals surface area (Å²) in [6.07, 6.45) is -0.107. The lowest BCUT2D eigenvalue weighted by molar-refractivity contribution is -0.120. The van der Waals surface area contributed by atoms with E-state index >= 15 is 0 Å². The van der Waals surface area contributed by atoms with Gasteiger partial charge in [0.05, 0.1) is 11.8 Å². The third kappa shape index (κ3) is 4.45. The highest BCUT2D eigenvalue weighted by Crippen LogP contribution is 2.20. The van der Waals surface area contributed by atoms with Crippen LogP contribution in [0.3, 0.4) is 0 Å². The molecule has 0 aromatic heterocycles. The van der Waals surface area contributed by atoms with E-state index in [0.717, 1.165) is 5.56 Å². The molecule has 0 bridgehead atoms. The fourth-order valence-corrected chi connectivity index (χ4v) is 2.36. The van der Waals surface area contributed by atoms with Crippen LogP contribution in [-0.4, -0.2) is 12.5 Å². The SMILES string of the molecule is O=C(Cc1c(F)cccc1Cl)NCC(Cl)c1ccccc1. The Labute approximate surface area is 132 Å². The van der Waals surface area contributed by atoms with Crippen LogP contribution in [-0.2, 0) is 11.2 Å². The number of benzene rings is 2. The van der Waals surface area contributed by atoms with Gasteiger partial charge in [-0.2, -0.15) is 0 Å². The second kappa shape index (κ2) is 7.43. The normalized spacial score (nSPS) is 12.0. The van der Waals surface area contributed by atoms with Gasteiger partial charge in [0.15, 0.2) is 0 Å². The predicted molar refractivity (Wildman–Crippen MR) is 83.2 cm³/mol. The van der Waals surface area contributed by atoms with Crippen LogP contribution in [0, 0.1) is 5.82 Å². The van der Waals surface area contributed by atoms with Crippen molar-refractivity contribution in [2.75, 3.05) is 6.54 Å². The summed E-state index contributed by atoms with van der Waals surface area (Å²) in [4.78, 5) is 11.9. The van der Waals surface area contributed by atoms with E-state index in [1.54, 1.807) is 6.07 Å². The number of carbonyl (C=O) groups excluding carboxylic acids is 1. The molecule has 0 fully saturated rings. The number of nitrogens with one attached hydrogen (secondary N) is 1. The molecule has 21 heavy (non-hydrogen) atoms. The summed E-state index contributed by atoms with van der Waals surface area (Å²) >= 11 is 12.1. The van der Waals surface area contributed by atoms with E-state index in [9.17, 15) is 9.18 Å². The Bertz CT molecular complexity index is 599. The molecule has 2 aromatic rings. The number of hydrogen-bond donors (Lipinski definition) is 1. The van der Waals surface area contributed by atoms with Gasteiger partial charge < -0.3 is 5.32 Å². The summed E-state index contributed by atoms with van der Waals surface area (Å²) in [5.41, 5.74) is 1.12. The Morgan fingerprint density at radius 3 is 2.52 bits per heavy atom. The van der Waals surface area contributed by atoms with Crippen molar-refractivity contribution in [3.05, 3.63) is 70.5 Å². The van der Waals surface area contributed by atoms with E-state index in [1.165, 1.54) is 12.1 Å².